The summed E-state index contributed by atoms with van der Waals surface area (Å²) in [4.78, 5) is 28.8. The predicted octanol–water partition coefficient (Wildman–Crippen LogP) is 3.70. The number of imidazole rings is 1. The second-order valence-electron chi connectivity index (χ2n) is 6.80. The highest BCUT2D eigenvalue weighted by Crippen LogP contribution is 2.29. The molecule has 3 aromatic heterocycles. The highest BCUT2D eigenvalue weighted by atomic mass is 16.1. The quantitative estimate of drug-likeness (QED) is 0.532. The summed E-state index contributed by atoms with van der Waals surface area (Å²) in [6.45, 7) is 2.36. The number of aromatic amines is 1. The number of aryl methyl sites for hydroxylation is 1. The number of rotatable bonds is 6. The van der Waals surface area contributed by atoms with Gasteiger partial charge in [0, 0.05) is 24.2 Å². The molecule has 6 heteroatoms. The van der Waals surface area contributed by atoms with Crippen molar-refractivity contribution >= 4 is 5.91 Å². The normalized spacial score (nSPS) is 10.7. The van der Waals surface area contributed by atoms with Gasteiger partial charge in [0.25, 0.3) is 0 Å². The van der Waals surface area contributed by atoms with Crippen molar-refractivity contribution in [3.8, 4) is 22.6 Å². The molecule has 29 heavy (non-hydrogen) atoms. The predicted molar refractivity (Wildman–Crippen MR) is 112 cm³/mol. The van der Waals surface area contributed by atoms with Gasteiger partial charge < -0.3 is 10.3 Å². The number of hydrogen-bond donors (Lipinski definition) is 2. The van der Waals surface area contributed by atoms with Gasteiger partial charge in [0.2, 0.25) is 5.91 Å². The van der Waals surface area contributed by atoms with Crippen LogP contribution in [-0.2, 0) is 17.8 Å². The summed E-state index contributed by atoms with van der Waals surface area (Å²) >= 11 is 0. The Bertz CT molecular complexity index is 1090. The van der Waals surface area contributed by atoms with Crippen molar-refractivity contribution in [2.24, 2.45) is 0 Å². The summed E-state index contributed by atoms with van der Waals surface area (Å²) in [7, 11) is 0. The third-order valence-electron chi connectivity index (χ3n) is 4.54. The molecule has 1 aromatic carbocycles. The Morgan fingerprint density at radius 1 is 1.03 bits per heavy atom. The first kappa shape index (κ1) is 18.6. The number of hydrogen-bond acceptors (Lipinski definition) is 4. The van der Waals surface area contributed by atoms with Crippen LogP contribution < -0.4 is 5.32 Å². The molecule has 144 valence electrons. The van der Waals surface area contributed by atoms with E-state index in [4.69, 9.17) is 4.98 Å². The lowest BCUT2D eigenvalue weighted by Gasteiger charge is -2.03. The number of nitrogens with one attached hydrogen (secondary N) is 2. The molecule has 1 amide bonds. The van der Waals surface area contributed by atoms with Gasteiger partial charge in [-0.2, -0.15) is 0 Å². The first-order valence-corrected chi connectivity index (χ1v) is 9.42. The standard InChI is InChI=1S/C23H21N5O/c1-16-7-9-18(10-8-16)22-23(19-6-2-3-12-25-19)28-20(27-22)15-26-21(29)13-17-5-4-11-24-14-17/h2-12,14H,13,15H2,1H3,(H,26,29)(H,27,28). The number of benzene rings is 1. The van der Waals surface area contributed by atoms with Crippen molar-refractivity contribution in [1.82, 2.24) is 25.3 Å². The Labute approximate surface area is 169 Å². The summed E-state index contributed by atoms with van der Waals surface area (Å²) in [5, 5.41) is 2.92. The summed E-state index contributed by atoms with van der Waals surface area (Å²) in [6.07, 6.45) is 5.42. The molecule has 0 atom stereocenters. The molecule has 0 spiro atoms. The molecule has 3 heterocycles. The topological polar surface area (TPSA) is 83.6 Å². The molecule has 0 aliphatic heterocycles. The zero-order valence-corrected chi connectivity index (χ0v) is 16.1. The monoisotopic (exact) mass is 383 g/mol. The van der Waals surface area contributed by atoms with E-state index in [1.165, 1.54) is 5.56 Å². The van der Waals surface area contributed by atoms with Gasteiger partial charge in [-0.15, -0.1) is 0 Å². The van der Waals surface area contributed by atoms with E-state index >= 15 is 0 Å². The third kappa shape index (κ3) is 4.55. The number of amides is 1. The molecular weight excluding hydrogens is 362 g/mol. The Morgan fingerprint density at radius 2 is 1.90 bits per heavy atom. The van der Waals surface area contributed by atoms with E-state index in [0.717, 1.165) is 28.2 Å². The number of carbonyl (C=O) groups is 1. The van der Waals surface area contributed by atoms with Crippen LogP contribution in [0.1, 0.15) is 17.0 Å². The molecule has 2 N–H and O–H groups in total. The number of nitrogens with zero attached hydrogens (tertiary/aromatic N) is 3. The van der Waals surface area contributed by atoms with Crippen molar-refractivity contribution in [2.45, 2.75) is 19.9 Å². The van der Waals surface area contributed by atoms with E-state index in [1.807, 2.05) is 42.5 Å². The number of carbonyl (C=O) groups excluding carboxylic acids is 1. The maximum atomic E-state index is 12.3. The molecule has 0 aliphatic carbocycles. The minimum absolute atomic E-state index is 0.0781. The minimum atomic E-state index is -0.0781. The Balaban J connectivity index is 1.56. The first-order valence-electron chi connectivity index (χ1n) is 9.42. The summed E-state index contributed by atoms with van der Waals surface area (Å²) in [5.41, 5.74) is 5.53. The summed E-state index contributed by atoms with van der Waals surface area (Å²) in [5.74, 6) is 0.603. The average molecular weight is 383 g/mol. The van der Waals surface area contributed by atoms with Crippen LogP contribution in [0.4, 0.5) is 0 Å². The summed E-state index contributed by atoms with van der Waals surface area (Å²) < 4.78 is 0. The van der Waals surface area contributed by atoms with E-state index < -0.39 is 0 Å². The van der Waals surface area contributed by atoms with Gasteiger partial charge in [-0.25, -0.2) is 4.98 Å². The molecule has 0 unspecified atom stereocenters. The number of aromatic nitrogens is 4. The molecule has 6 nitrogen and oxygen atoms in total. The van der Waals surface area contributed by atoms with Crippen molar-refractivity contribution < 1.29 is 4.79 Å². The largest absolute Gasteiger partial charge is 0.349 e. The van der Waals surface area contributed by atoms with Crippen LogP contribution in [0, 0.1) is 6.92 Å². The molecular formula is C23H21N5O. The van der Waals surface area contributed by atoms with Crippen LogP contribution in [-0.4, -0.2) is 25.8 Å². The van der Waals surface area contributed by atoms with Crippen molar-refractivity contribution in [1.29, 1.82) is 0 Å². The fraction of sp³-hybridized carbons (Fsp3) is 0.130. The van der Waals surface area contributed by atoms with Crippen molar-refractivity contribution in [2.75, 3.05) is 0 Å². The fourth-order valence-corrected chi connectivity index (χ4v) is 3.06. The van der Waals surface area contributed by atoms with E-state index in [9.17, 15) is 4.79 Å². The fourth-order valence-electron chi connectivity index (χ4n) is 3.06. The second kappa shape index (κ2) is 8.48. The van der Waals surface area contributed by atoms with Gasteiger partial charge in [0.15, 0.2) is 0 Å². The van der Waals surface area contributed by atoms with E-state index in [0.29, 0.717) is 12.4 Å². The molecule has 0 fully saturated rings. The Hall–Kier alpha value is -3.80. The zero-order chi connectivity index (χ0) is 20.1. The smallest absolute Gasteiger partial charge is 0.224 e. The molecule has 0 radical (unpaired) electrons. The molecule has 4 rings (SSSR count). The lowest BCUT2D eigenvalue weighted by Crippen LogP contribution is -2.25. The van der Waals surface area contributed by atoms with Crippen molar-refractivity contribution in [3.05, 3.63) is 90.1 Å². The second-order valence-corrected chi connectivity index (χ2v) is 6.80. The van der Waals surface area contributed by atoms with Gasteiger partial charge in [-0.05, 0) is 30.7 Å². The van der Waals surface area contributed by atoms with Crippen LogP contribution in [0.5, 0.6) is 0 Å². The number of H-pyrrole nitrogens is 1. The third-order valence-corrected chi connectivity index (χ3v) is 4.54. The van der Waals surface area contributed by atoms with Gasteiger partial charge in [0.1, 0.15) is 5.82 Å². The van der Waals surface area contributed by atoms with Crippen LogP contribution in [0.2, 0.25) is 0 Å². The SMILES string of the molecule is Cc1ccc(-c2nc(CNC(=O)Cc3cccnc3)[nH]c2-c2ccccn2)cc1. The highest BCUT2D eigenvalue weighted by Gasteiger charge is 2.15. The van der Waals surface area contributed by atoms with Gasteiger partial charge in [-0.3, -0.25) is 14.8 Å². The molecule has 0 aliphatic rings. The van der Waals surface area contributed by atoms with Crippen molar-refractivity contribution in [3.63, 3.8) is 0 Å². The molecule has 4 aromatic rings. The first-order chi connectivity index (χ1) is 14.2. The van der Waals surface area contributed by atoms with Gasteiger partial charge in [0.05, 0.1) is 30.0 Å². The van der Waals surface area contributed by atoms with Crippen LogP contribution >= 0.6 is 0 Å². The van der Waals surface area contributed by atoms with E-state index in [1.54, 1.807) is 18.6 Å². The lowest BCUT2D eigenvalue weighted by atomic mass is 10.1. The number of pyridine rings is 2. The Kier molecular flexibility index (Phi) is 5.42. The Morgan fingerprint density at radius 3 is 2.62 bits per heavy atom. The zero-order valence-electron chi connectivity index (χ0n) is 16.1. The van der Waals surface area contributed by atoms with Crippen LogP contribution in [0.15, 0.2) is 73.2 Å². The minimum Gasteiger partial charge on any atom is -0.349 e. The van der Waals surface area contributed by atoms with E-state index in [2.05, 4.69) is 39.3 Å². The summed E-state index contributed by atoms with van der Waals surface area (Å²) in [6, 6.07) is 17.7. The highest BCUT2D eigenvalue weighted by molar-refractivity contribution is 5.79. The van der Waals surface area contributed by atoms with Crippen LogP contribution in [0.25, 0.3) is 22.6 Å². The molecule has 0 bridgehead atoms. The van der Waals surface area contributed by atoms with Gasteiger partial charge >= 0.3 is 0 Å². The van der Waals surface area contributed by atoms with Gasteiger partial charge in [-0.1, -0.05) is 42.0 Å². The average Bonchev–Trinajstić information content (AvgIpc) is 3.18. The lowest BCUT2D eigenvalue weighted by molar-refractivity contribution is -0.120. The molecule has 0 saturated carbocycles. The molecule has 0 saturated heterocycles. The maximum Gasteiger partial charge on any atom is 0.224 e. The van der Waals surface area contributed by atoms with E-state index in [-0.39, 0.29) is 12.3 Å². The maximum absolute atomic E-state index is 12.3. The van der Waals surface area contributed by atoms with Crippen LogP contribution in [0.3, 0.4) is 0 Å².